The van der Waals surface area contributed by atoms with Crippen molar-refractivity contribution in [2.75, 3.05) is 34.0 Å². The van der Waals surface area contributed by atoms with Crippen LogP contribution in [0.2, 0.25) is 0 Å². The molecule has 3 nitrogen and oxygen atoms in total. The van der Waals surface area contributed by atoms with Crippen molar-refractivity contribution in [1.82, 2.24) is 0 Å². The van der Waals surface area contributed by atoms with Crippen LogP contribution < -0.4 is 0 Å². The van der Waals surface area contributed by atoms with Gasteiger partial charge in [0.1, 0.15) is 0 Å². The molecule has 122 valence electrons. The fourth-order valence-corrected chi connectivity index (χ4v) is 1.86. The zero-order chi connectivity index (χ0) is 16.2. The van der Waals surface area contributed by atoms with Crippen LogP contribution in [0.5, 0.6) is 0 Å². The highest BCUT2D eigenvalue weighted by atomic mass is 16.5. The Morgan fingerprint density at radius 3 is 1.25 bits per heavy atom. The second-order valence-electron chi connectivity index (χ2n) is 8.45. The molecule has 0 aliphatic heterocycles. The van der Waals surface area contributed by atoms with Gasteiger partial charge >= 0.3 is 0 Å². The molecule has 0 saturated heterocycles. The van der Waals surface area contributed by atoms with Crippen LogP contribution >= 0.6 is 0 Å². The lowest BCUT2D eigenvalue weighted by Crippen LogP contribution is -2.51. The average Bonchev–Trinajstić information content (AvgIpc) is 2.23. The minimum absolute atomic E-state index is 0.0347. The van der Waals surface area contributed by atoms with Gasteiger partial charge in [-0.3, -0.25) is 0 Å². The molecule has 0 rings (SSSR count). The van der Waals surface area contributed by atoms with Crippen LogP contribution in [-0.4, -0.2) is 39.6 Å². The van der Waals surface area contributed by atoms with Crippen molar-refractivity contribution < 1.29 is 14.2 Å². The Bertz CT molecular complexity index is 276. The Kier molecular flexibility index (Phi) is 6.72. The molecule has 0 fully saturated rings. The molecule has 0 aliphatic carbocycles. The van der Waals surface area contributed by atoms with Crippen LogP contribution in [0.1, 0.15) is 55.4 Å². The first-order chi connectivity index (χ1) is 8.83. The standard InChI is InChI=1S/C17H36O3/c1-14(2,3)16(7,8)20-13-17(11-18-9,12-19-10)15(4,5)6/h11-13H2,1-10H3. The van der Waals surface area contributed by atoms with Crippen LogP contribution in [0.3, 0.4) is 0 Å². The van der Waals surface area contributed by atoms with Crippen molar-refractivity contribution in [2.24, 2.45) is 16.2 Å². The Labute approximate surface area is 126 Å². The first kappa shape index (κ1) is 19.9. The van der Waals surface area contributed by atoms with Crippen LogP contribution in [0, 0.1) is 16.2 Å². The SMILES string of the molecule is COCC(COC)(COC(C)(C)C(C)(C)C)C(C)(C)C. The molecule has 0 spiro atoms. The number of rotatable bonds is 7. The number of methoxy groups -OCH3 is 2. The van der Waals surface area contributed by atoms with Gasteiger partial charge in [0, 0.05) is 19.6 Å². The molecule has 3 heteroatoms. The Hall–Kier alpha value is -0.120. The predicted molar refractivity (Wildman–Crippen MR) is 85.1 cm³/mol. The topological polar surface area (TPSA) is 27.7 Å². The summed E-state index contributed by atoms with van der Waals surface area (Å²) in [5, 5.41) is 0. The van der Waals surface area contributed by atoms with Gasteiger partial charge in [-0.25, -0.2) is 0 Å². The van der Waals surface area contributed by atoms with E-state index in [0.717, 1.165) is 0 Å². The number of ether oxygens (including phenoxy) is 3. The van der Waals surface area contributed by atoms with Crippen molar-refractivity contribution in [1.29, 1.82) is 0 Å². The highest BCUT2D eigenvalue weighted by Gasteiger charge is 2.45. The van der Waals surface area contributed by atoms with Gasteiger partial charge in [0.15, 0.2) is 0 Å². The van der Waals surface area contributed by atoms with Gasteiger partial charge in [-0.05, 0) is 24.7 Å². The van der Waals surface area contributed by atoms with Gasteiger partial charge in [-0.15, -0.1) is 0 Å². The minimum atomic E-state index is -0.203. The highest BCUT2D eigenvalue weighted by Crippen LogP contribution is 2.42. The molecule has 0 radical (unpaired) electrons. The maximum absolute atomic E-state index is 6.33. The predicted octanol–water partition coefficient (Wildman–Crippen LogP) is 4.15. The van der Waals surface area contributed by atoms with E-state index in [2.05, 4.69) is 55.4 Å². The van der Waals surface area contributed by atoms with Crippen molar-refractivity contribution in [3.05, 3.63) is 0 Å². The molecule has 0 atom stereocenters. The van der Waals surface area contributed by atoms with Gasteiger partial charge in [-0.1, -0.05) is 41.5 Å². The maximum Gasteiger partial charge on any atom is 0.0674 e. The van der Waals surface area contributed by atoms with Crippen molar-refractivity contribution >= 4 is 0 Å². The van der Waals surface area contributed by atoms with E-state index in [1.54, 1.807) is 14.2 Å². The molecule has 0 N–H and O–H groups in total. The molecule has 0 aromatic heterocycles. The summed E-state index contributed by atoms with van der Waals surface area (Å²) in [6.45, 7) is 19.5. The van der Waals surface area contributed by atoms with E-state index >= 15 is 0 Å². The summed E-state index contributed by atoms with van der Waals surface area (Å²) < 4.78 is 17.3. The number of hydrogen-bond donors (Lipinski definition) is 0. The molecule has 0 saturated carbocycles. The minimum Gasteiger partial charge on any atom is -0.384 e. The van der Waals surface area contributed by atoms with E-state index in [1.807, 2.05) is 0 Å². The third kappa shape index (κ3) is 4.71. The van der Waals surface area contributed by atoms with Crippen molar-refractivity contribution in [3.8, 4) is 0 Å². The van der Waals surface area contributed by atoms with Gasteiger partial charge < -0.3 is 14.2 Å². The second-order valence-corrected chi connectivity index (χ2v) is 8.45. The summed E-state index contributed by atoms with van der Waals surface area (Å²) in [7, 11) is 3.48. The summed E-state index contributed by atoms with van der Waals surface area (Å²) in [5.41, 5.74) is -0.242. The summed E-state index contributed by atoms with van der Waals surface area (Å²) in [6, 6.07) is 0. The second kappa shape index (κ2) is 6.76. The Morgan fingerprint density at radius 2 is 1.00 bits per heavy atom. The third-order valence-electron chi connectivity index (χ3n) is 4.95. The lowest BCUT2D eigenvalue weighted by atomic mass is 9.67. The average molecular weight is 288 g/mol. The zero-order valence-corrected chi connectivity index (χ0v) is 15.3. The van der Waals surface area contributed by atoms with Crippen LogP contribution in [-0.2, 0) is 14.2 Å². The summed E-state index contributed by atoms with van der Waals surface area (Å²) in [4.78, 5) is 0. The van der Waals surface area contributed by atoms with Crippen LogP contribution in [0.25, 0.3) is 0 Å². The normalized spacial score (nSPS) is 14.7. The fourth-order valence-electron chi connectivity index (χ4n) is 1.86. The van der Waals surface area contributed by atoms with Gasteiger partial charge in [0.05, 0.1) is 25.4 Å². The molecule has 0 amide bonds. The Morgan fingerprint density at radius 1 is 0.600 bits per heavy atom. The lowest BCUT2D eigenvalue weighted by Gasteiger charge is -2.47. The molecule has 20 heavy (non-hydrogen) atoms. The molecule has 0 aromatic carbocycles. The van der Waals surface area contributed by atoms with E-state index in [-0.39, 0.29) is 21.8 Å². The molecular formula is C17H36O3. The maximum atomic E-state index is 6.33. The summed E-state index contributed by atoms with van der Waals surface area (Å²) in [5.74, 6) is 0. The zero-order valence-electron chi connectivity index (χ0n) is 15.3. The fraction of sp³-hybridized carbons (Fsp3) is 1.00. The Balaban J connectivity index is 5.18. The number of hydrogen-bond acceptors (Lipinski definition) is 3. The first-order valence-corrected chi connectivity index (χ1v) is 7.45. The third-order valence-corrected chi connectivity index (χ3v) is 4.95. The van der Waals surface area contributed by atoms with Crippen LogP contribution in [0.4, 0.5) is 0 Å². The van der Waals surface area contributed by atoms with E-state index < -0.39 is 0 Å². The largest absolute Gasteiger partial charge is 0.384 e. The van der Waals surface area contributed by atoms with E-state index in [0.29, 0.717) is 19.8 Å². The van der Waals surface area contributed by atoms with Gasteiger partial charge in [0.2, 0.25) is 0 Å². The molecule has 0 aliphatic rings. The molecule has 0 aromatic rings. The molecule has 0 heterocycles. The van der Waals surface area contributed by atoms with E-state index in [1.165, 1.54) is 0 Å². The molecule has 0 unspecified atom stereocenters. The molecule has 0 bridgehead atoms. The van der Waals surface area contributed by atoms with Gasteiger partial charge in [0.25, 0.3) is 0 Å². The van der Waals surface area contributed by atoms with E-state index in [4.69, 9.17) is 14.2 Å². The quantitative estimate of drug-likeness (QED) is 0.704. The smallest absolute Gasteiger partial charge is 0.0674 e. The van der Waals surface area contributed by atoms with Gasteiger partial charge in [-0.2, -0.15) is 0 Å². The highest BCUT2D eigenvalue weighted by molar-refractivity contribution is 4.93. The van der Waals surface area contributed by atoms with Crippen LogP contribution in [0.15, 0.2) is 0 Å². The molecular weight excluding hydrogens is 252 g/mol. The van der Waals surface area contributed by atoms with Crippen molar-refractivity contribution in [2.45, 2.75) is 61.0 Å². The first-order valence-electron chi connectivity index (χ1n) is 7.45. The summed E-state index contributed by atoms with van der Waals surface area (Å²) >= 11 is 0. The van der Waals surface area contributed by atoms with Crippen molar-refractivity contribution in [3.63, 3.8) is 0 Å². The monoisotopic (exact) mass is 288 g/mol. The lowest BCUT2D eigenvalue weighted by molar-refractivity contribution is -0.169. The van der Waals surface area contributed by atoms with E-state index in [9.17, 15) is 0 Å². The summed E-state index contributed by atoms with van der Waals surface area (Å²) in [6.07, 6.45) is 0.